The third kappa shape index (κ3) is 3.72. The van der Waals surface area contributed by atoms with Crippen LogP contribution in [-0.2, 0) is 11.2 Å². The molecule has 2 unspecified atom stereocenters. The summed E-state index contributed by atoms with van der Waals surface area (Å²) in [5.41, 5.74) is 0.0859. The predicted molar refractivity (Wildman–Crippen MR) is 131 cm³/mol. The molecule has 2 N–H and O–H groups in total. The lowest BCUT2D eigenvalue weighted by Gasteiger charge is -2.40. The molecule has 3 heteroatoms. The van der Waals surface area contributed by atoms with Crippen LogP contribution >= 0.6 is 11.6 Å². The topological polar surface area (TPSA) is 40.5 Å². The van der Waals surface area contributed by atoms with E-state index in [1.807, 2.05) is 72.8 Å². The first kappa shape index (κ1) is 21.1. The molecule has 0 saturated heterocycles. The summed E-state index contributed by atoms with van der Waals surface area (Å²) in [4.78, 5) is 0. The van der Waals surface area contributed by atoms with Gasteiger partial charge >= 0.3 is 0 Å². The second-order valence-corrected chi connectivity index (χ2v) is 8.32. The molecule has 2 atom stereocenters. The van der Waals surface area contributed by atoms with Gasteiger partial charge in [-0.15, -0.1) is 0 Å². The van der Waals surface area contributed by atoms with Crippen molar-refractivity contribution in [3.63, 3.8) is 0 Å². The van der Waals surface area contributed by atoms with Gasteiger partial charge in [0.1, 0.15) is 0 Å². The van der Waals surface area contributed by atoms with E-state index in [-0.39, 0.29) is 0 Å². The highest BCUT2D eigenvalue weighted by Gasteiger charge is 2.48. The van der Waals surface area contributed by atoms with Gasteiger partial charge in [-0.25, -0.2) is 0 Å². The van der Waals surface area contributed by atoms with Crippen molar-refractivity contribution < 1.29 is 10.2 Å². The first-order chi connectivity index (χ1) is 16.0. The Morgan fingerprint density at radius 1 is 0.515 bits per heavy atom. The fraction of sp³-hybridized carbons (Fsp3) is 0.0667. The van der Waals surface area contributed by atoms with Gasteiger partial charge in [-0.1, -0.05) is 102 Å². The van der Waals surface area contributed by atoms with E-state index < -0.39 is 11.2 Å². The quantitative estimate of drug-likeness (QED) is 0.363. The van der Waals surface area contributed by atoms with Gasteiger partial charge in [0.2, 0.25) is 0 Å². The lowest BCUT2D eigenvalue weighted by molar-refractivity contribution is 0.0944. The van der Waals surface area contributed by atoms with Crippen LogP contribution in [-0.4, -0.2) is 10.2 Å². The summed E-state index contributed by atoms with van der Waals surface area (Å²) in [6, 6.07) is 31.2. The largest absolute Gasteiger partial charge is 0.369 e. The summed E-state index contributed by atoms with van der Waals surface area (Å²) in [5, 5.41) is 24.4. The molecule has 0 aliphatic heterocycles. The highest BCUT2D eigenvalue weighted by molar-refractivity contribution is 6.30. The van der Waals surface area contributed by atoms with Crippen molar-refractivity contribution in [3.05, 3.63) is 142 Å². The molecule has 4 aromatic rings. The fourth-order valence-corrected chi connectivity index (χ4v) is 4.35. The molecular formula is C30H19ClO2. The molecule has 0 saturated carbocycles. The Labute approximate surface area is 198 Å². The van der Waals surface area contributed by atoms with Crippen LogP contribution in [0.15, 0.2) is 103 Å². The average Bonchev–Trinajstić information content (AvgIpc) is 2.86. The first-order valence-corrected chi connectivity index (χ1v) is 10.9. The minimum Gasteiger partial charge on any atom is -0.369 e. The van der Waals surface area contributed by atoms with E-state index in [9.17, 15) is 10.2 Å². The van der Waals surface area contributed by atoms with Gasteiger partial charge < -0.3 is 10.2 Å². The number of benzene rings is 4. The Morgan fingerprint density at radius 3 is 1.45 bits per heavy atom. The van der Waals surface area contributed by atoms with Crippen LogP contribution in [0.25, 0.3) is 0 Å². The van der Waals surface area contributed by atoms with Crippen molar-refractivity contribution in [1.82, 2.24) is 0 Å². The molecule has 0 bridgehead atoms. The maximum atomic E-state index is 12.0. The van der Waals surface area contributed by atoms with E-state index >= 15 is 0 Å². The van der Waals surface area contributed by atoms with Crippen molar-refractivity contribution in [1.29, 1.82) is 0 Å². The zero-order valence-corrected chi connectivity index (χ0v) is 18.3. The molecule has 0 heterocycles. The predicted octanol–water partition coefficient (Wildman–Crippen LogP) is 5.23. The molecule has 5 rings (SSSR count). The highest BCUT2D eigenvalue weighted by atomic mass is 35.5. The van der Waals surface area contributed by atoms with Crippen LogP contribution in [0.2, 0.25) is 5.02 Å². The third-order valence-electron chi connectivity index (χ3n) is 5.79. The minimum absolute atomic E-state index is 0.419. The van der Waals surface area contributed by atoms with E-state index in [1.54, 1.807) is 30.3 Å². The smallest absolute Gasteiger partial charge is 0.178 e. The van der Waals surface area contributed by atoms with Crippen LogP contribution in [0.3, 0.4) is 0 Å². The summed E-state index contributed by atoms with van der Waals surface area (Å²) in [6.45, 7) is 0. The highest BCUT2D eigenvalue weighted by Crippen LogP contribution is 2.48. The number of hydrogen-bond acceptors (Lipinski definition) is 2. The average molecular weight is 447 g/mol. The molecule has 1 aliphatic carbocycles. The minimum atomic E-state index is -1.67. The Hall–Kier alpha value is -3.79. The van der Waals surface area contributed by atoms with Gasteiger partial charge in [-0.2, -0.15) is 0 Å². The number of halogens is 1. The molecule has 0 spiro atoms. The Morgan fingerprint density at radius 2 is 0.939 bits per heavy atom. The van der Waals surface area contributed by atoms with Crippen molar-refractivity contribution in [2.24, 2.45) is 0 Å². The van der Waals surface area contributed by atoms with Crippen LogP contribution in [0.5, 0.6) is 0 Å². The third-order valence-corrected chi connectivity index (χ3v) is 6.03. The van der Waals surface area contributed by atoms with E-state index in [1.165, 1.54) is 0 Å². The molecule has 4 aromatic carbocycles. The van der Waals surface area contributed by atoms with Crippen molar-refractivity contribution >= 4 is 11.6 Å². The van der Waals surface area contributed by atoms with E-state index in [0.29, 0.717) is 27.3 Å². The second-order valence-electron chi connectivity index (χ2n) is 7.89. The SMILES string of the molecule is OC1(C#Cc2ccccc2)c2ccccc2C(O)(C#Cc2ccccc2)c2cc(Cl)ccc21. The second kappa shape index (κ2) is 8.28. The number of aliphatic hydroxyl groups is 2. The monoisotopic (exact) mass is 446 g/mol. The molecule has 33 heavy (non-hydrogen) atoms. The lowest BCUT2D eigenvalue weighted by atomic mass is 9.68. The normalized spacial score (nSPS) is 20.3. The maximum Gasteiger partial charge on any atom is 0.178 e. The van der Waals surface area contributed by atoms with E-state index in [2.05, 4.69) is 23.7 Å². The summed E-state index contributed by atoms with van der Waals surface area (Å²) < 4.78 is 0. The summed E-state index contributed by atoms with van der Waals surface area (Å²) in [7, 11) is 0. The Kier molecular flexibility index (Phi) is 5.29. The van der Waals surface area contributed by atoms with Crippen molar-refractivity contribution in [2.75, 3.05) is 0 Å². The zero-order chi connectivity index (χ0) is 22.9. The van der Waals surface area contributed by atoms with Gasteiger partial charge in [0.25, 0.3) is 0 Å². The number of fused-ring (bicyclic) bond motifs is 2. The summed E-state index contributed by atoms with van der Waals surface area (Å²) in [6.07, 6.45) is 0. The Bertz CT molecular complexity index is 1460. The zero-order valence-electron chi connectivity index (χ0n) is 17.6. The number of rotatable bonds is 0. The van der Waals surface area contributed by atoms with Crippen LogP contribution in [0.1, 0.15) is 33.4 Å². The lowest BCUT2D eigenvalue weighted by Crippen LogP contribution is -2.41. The Balaban J connectivity index is 1.77. The van der Waals surface area contributed by atoms with Gasteiger partial charge in [-0.05, 0) is 36.4 Å². The van der Waals surface area contributed by atoms with Crippen LogP contribution in [0.4, 0.5) is 0 Å². The number of hydrogen-bond donors (Lipinski definition) is 2. The standard InChI is InChI=1S/C30H19ClO2/c31-24-15-16-27-28(21-24)30(33,20-18-23-11-5-2-6-12-23)26-14-8-7-13-25(26)29(27,32)19-17-22-9-3-1-4-10-22/h1-16,21,32-33H. The van der Waals surface area contributed by atoms with Crippen molar-refractivity contribution in [3.8, 4) is 23.7 Å². The molecule has 1 aliphatic rings. The van der Waals surface area contributed by atoms with Crippen LogP contribution < -0.4 is 0 Å². The molecule has 0 radical (unpaired) electrons. The van der Waals surface area contributed by atoms with E-state index in [4.69, 9.17) is 11.6 Å². The van der Waals surface area contributed by atoms with Crippen LogP contribution in [0, 0.1) is 23.7 Å². The van der Waals surface area contributed by atoms with Gasteiger partial charge in [-0.3, -0.25) is 0 Å². The molecule has 158 valence electrons. The van der Waals surface area contributed by atoms with Gasteiger partial charge in [0.05, 0.1) is 0 Å². The fourth-order valence-electron chi connectivity index (χ4n) is 4.17. The van der Waals surface area contributed by atoms with E-state index in [0.717, 1.165) is 11.1 Å². The van der Waals surface area contributed by atoms with Gasteiger partial charge in [0.15, 0.2) is 11.2 Å². The van der Waals surface area contributed by atoms with Gasteiger partial charge in [0, 0.05) is 38.4 Å². The summed E-state index contributed by atoms with van der Waals surface area (Å²) >= 11 is 6.34. The molecule has 0 amide bonds. The first-order valence-electron chi connectivity index (χ1n) is 10.5. The van der Waals surface area contributed by atoms with Crippen molar-refractivity contribution in [2.45, 2.75) is 11.2 Å². The molecular weight excluding hydrogens is 428 g/mol. The maximum absolute atomic E-state index is 12.0. The summed E-state index contributed by atoms with van der Waals surface area (Å²) in [5.74, 6) is 12.3. The molecule has 0 fully saturated rings. The molecule has 2 nitrogen and oxygen atoms in total. The molecule has 0 aromatic heterocycles.